The van der Waals surface area contributed by atoms with E-state index in [0.29, 0.717) is 24.4 Å². The number of rotatable bonds is 6. The van der Waals surface area contributed by atoms with Crippen LogP contribution in [0.3, 0.4) is 0 Å². The number of anilines is 1. The lowest BCUT2D eigenvalue weighted by molar-refractivity contribution is 0.0357. The van der Waals surface area contributed by atoms with Gasteiger partial charge in [-0.05, 0) is 13.0 Å². The number of methoxy groups -OCH3 is 1. The van der Waals surface area contributed by atoms with Gasteiger partial charge in [0.15, 0.2) is 5.82 Å². The van der Waals surface area contributed by atoms with Gasteiger partial charge in [0.2, 0.25) is 0 Å². The number of aliphatic hydroxyl groups is 1. The molecule has 0 aromatic carbocycles. The van der Waals surface area contributed by atoms with Gasteiger partial charge in [0.25, 0.3) is 0 Å². The molecule has 1 heterocycles. The molecular weight excluding hydrogens is 220 g/mol. The molecule has 0 aliphatic carbocycles. The van der Waals surface area contributed by atoms with Crippen LogP contribution in [0.25, 0.3) is 0 Å². The number of nitrogens with one attached hydrogen (secondary N) is 1. The Morgan fingerprint density at radius 2 is 2.41 bits per heavy atom. The number of hydrogen-bond acceptors (Lipinski definition) is 6. The van der Waals surface area contributed by atoms with Crippen molar-refractivity contribution in [2.75, 3.05) is 25.6 Å². The van der Waals surface area contributed by atoms with Gasteiger partial charge in [-0.1, -0.05) is 0 Å². The fourth-order valence-corrected chi connectivity index (χ4v) is 1.24. The zero-order valence-corrected chi connectivity index (χ0v) is 9.97. The Hall–Kier alpha value is -1.71. The maximum absolute atomic E-state index is 10.00. The molecule has 2 N–H and O–H groups in total. The third kappa shape index (κ3) is 4.34. The van der Waals surface area contributed by atoms with E-state index in [9.17, 15) is 5.11 Å². The number of ether oxygens (including phenoxy) is 1. The van der Waals surface area contributed by atoms with Crippen LogP contribution in [0, 0.1) is 11.3 Å². The zero-order valence-electron chi connectivity index (χ0n) is 9.97. The van der Waals surface area contributed by atoms with Gasteiger partial charge in [-0.3, -0.25) is 0 Å². The lowest BCUT2D eigenvalue weighted by Gasteiger charge is -2.23. The van der Waals surface area contributed by atoms with Crippen LogP contribution in [-0.2, 0) is 4.74 Å². The highest BCUT2D eigenvalue weighted by atomic mass is 16.5. The van der Waals surface area contributed by atoms with E-state index in [4.69, 9.17) is 10.00 Å². The Kier molecular flexibility index (Phi) is 4.82. The Bertz CT molecular complexity index is 401. The average molecular weight is 236 g/mol. The summed E-state index contributed by atoms with van der Waals surface area (Å²) < 4.78 is 4.91. The van der Waals surface area contributed by atoms with E-state index in [1.807, 2.05) is 6.07 Å². The van der Waals surface area contributed by atoms with Crippen LogP contribution >= 0.6 is 0 Å². The van der Waals surface area contributed by atoms with E-state index >= 15 is 0 Å². The molecule has 0 spiro atoms. The number of nitriles is 1. The van der Waals surface area contributed by atoms with Crippen molar-refractivity contribution in [1.29, 1.82) is 5.26 Å². The predicted molar refractivity (Wildman–Crippen MR) is 62.4 cm³/mol. The molecule has 0 fully saturated rings. The van der Waals surface area contributed by atoms with Crippen molar-refractivity contribution in [3.8, 4) is 6.07 Å². The summed E-state index contributed by atoms with van der Waals surface area (Å²) in [5.74, 6) is 0.382. The van der Waals surface area contributed by atoms with E-state index in [1.54, 1.807) is 20.1 Å². The minimum atomic E-state index is -0.916. The zero-order chi connectivity index (χ0) is 12.7. The van der Waals surface area contributed by atoms with Crippen LogP contribution in [-0.4, -0.2) is 41.2 Å². The lowest BCUT2D eigenvalue weighted by atomic mass is 10.0. The minimum absolute atomic E-state index is 0.281. The Balaban J connectivity index is 2.58. The second kappa shape index (κ2) is 6.13. The standard InChI is InChI=1S/C11H16N4O2/c1-11(16,4-6-17-2)8-13-10-9(7-12)3-5-14-15-10/h3,5,16H,4,6,8H2,1-2H3,(H,13,15). The SMILES string of the molecule is COCCC(C)(O)CNc1nnccc1C#N. The fraction of sp³-hybridized carbons (Fsp3) is 0.545. The van der Waals surface area contributed by atoms with Gasteiger partial charge < -0.3 is 15.2 Å². The number of nitrogens with zero attached hydrogens (tertiary/aromatic N) is 3. The molecule has 0 bridgehead atoms. The summed E-state index contributed by atoms with van der Waals surface area (Å²) in [5, 5.41) is 29.3. The molecule has 0 aliphatic heterocycles. The van der Waals surface area contributed by atoms with Gasteiger partial charge in [0.1, 0.15) is 6.07 Å². The van der Waals surface area contributed by atoms with Gasteiger partial charge in [-0.25, -0.2) is 0 Å². The van der Waals surface area contributed by atoms with Crippen molar-refractivity contribution in [1.82, 2.24) is 10.2 Å². The second-order valence-corrected chi connectivity index (χ2v) is 4.00. The first-order valence-corrected chi connectivity index (χ1v) is 5.26. The summed E-state index contributed by atoms with van der Waals surface area (Å²) in [6.07, 6.45) is 1.95. The van der Waals surface area contributed by atoms with Crippen molar-refractivity contribution in [3.63, 3.8) is 0 Å². The van der Waals surface area contributed by atoms with E-state index in [1.165, 1.54) is 6.20 Å². The first-order valence-electron chi connectivity index (χ1n) is 5.26. The monoisotopic (exact) mass is 236 g/mol. The maximum atomic E-state index is 10.00. The highest BCUT2D eigenvalue weighted by molar-refractivity contribution is 5.50. The molecule has 0 radical (unpaired) electrons. The summed E-state index contributed by atoms with van der Waals surface area (Å²) >= 11 is 0. The van der Waals surface area contributed by atoms with E-state index < -0.39 is 5.60 Å². The molecule has 1 rings (SSSR count). The van der Waals surface area contributed by atoms with Crippen molar-refractivity contribution in [3.05, 3.63) is 17.8 Å². The lowest BCUT2D eigenvalue weighted by Crippen LogP contribution is -2.35. The quantitative estimate of drug-likeness (QED) is 0.749. The summed E-state index contributed by atoms with van der Waals surface area (Å²) in [6.45, 7) is 2.45. The van der Waals surface area contributed by atoms with Gasteiger partial charge in [-0.2, -0.15) is 10.4 Å². The Morgan fingerprint density at radius 3 is 3.06 bits per heavy atom. The molecule has 1 aromatic heterocycles. The van der Waals surface area contributed by atoms with Crippen LogP contribution < -0.4 is 5.32 Å². The average Bonchev–Trinajstić information content (AvgIpc) is 2.34. The highest BCUT2D eigenvalue weighted by Gasteiger charge is 2.20. The van der Waals surface area contributed by atoms with E-state index in [-0.39, 0.29) is 6.54 Å². The third-order valence-electron chi connectivity index (χ3n) is 2.32. The van der Waals surface area contributed by atoms with Gasteiger partial charge in [0.05, 0.1) is 17.4 Å². The molecule has 6 nitrogen and oxygen atoms in total. The molecular formula is C11H16N4O2. The number of hydrogen-bond donors (Lipinski definition) is 2. The molecule has 0 amide bonds. The third-order valence-corrected chi connectivity index (χ3v) is 2.32. The normalized spacial score (nSPS) is 13.8. The van der Waals surface area contributed by atoms with Crippen LogP contribution in [0.5, 0.6) is 0 Å². The summed E-state index contributed by atoms with van der Waals surface area (Å²) in [7, 11) is 1.58. The molecule has 0 aliphatic rings. The van der Waals surface area contributed by atoms with Gasteiger partial charge >= 0.3 is 0 Å². The van der Waals surface area contributed by atoms with Crippen LogP contribution in [0.2, 0.25) is 0 Å². The van der Waals surface area contributed by atoms with Crippen molar-refractivity contribution >= 4 is 5.82 Å². The fourth-order valence-electron chi connectivity index (χ4n) is 1.24. The van der Waals surface area contributed by atoms with Crippen molar-refractivity contribution < 1.29 is 9.84 Å². The molecule has 0 saturated carbocycles. The summed E-state index contributed by atoms with van der Waals surface area (Å²) in [5.41, 5.74) is -0.511. The molecule has 1 aromatic rings. The van der Waals surface area contributed by atoms with Gasteiger partial charge in [-0.15, -0.1) is 5.10 Å². The summed E-state index contributed by atoms with van der Waals surface area (Å²) in [6, 6.07) is 3.57. The molecule has 92 valence electrons. The second-order valence-electron chi connectivity index (χ2n) is 4.00. The molecule has 17 heavy (non-hydrogen) atoms. The first-order chi connectivity index (χ1) is 8.09. The number of aromatic nitrogens is 2. The van der Waals surface area contributed by atoms with Crippen molar-refractivity contribution in [2.24, 2.45) is 0 Å². The Labute approximate surface area is 100 Å². The molecule has 6 heteroatoms. The minimum Gasteiger partial charge on any atom is -0.388 e. The summed E-state index contributed by atoms with van der Waals surface area (Å²) in [4.78, 5) is 0. The highest BCUT2D eigenvalue weighted by Crippen LogP contribution is 2.13. The smallest absolute Gasteiger partial charge is 0.166 e. The van der Waals surface area contributed by atoms with Crippen molar-refractivity contribution in [2.45, 2.75) is 18.9 Å². The van der Waals surface area contributed by atoms with E-state index in [2.05, 4.69) is 15.5 Å². The topological polar surface area (TPSA) is 91.1 Å². The predicted octanol–water partition coefficient (Wildman–Crippen LogP) is 0.548. The molecule has 1 atom stereocenters. The van der Waals surface area contributed by atoms with Crippen LogP contribution in [0.4, 0.5) is 5.82 Å². The van der Waals surface area contributed by atoms with Gasteiger partial charge in [0, 0.05) is 26.7 Å². The largest absolute Gasteiger partial charge is 0.388 e. The Morgan fingerprint density at radius 1 is 1.65 bits per heavy atom. The van der Waals surface area contributed by atoms with E-state index in [0.717, 1.165) is 0 Å². The first kappa shape index (κ1) is 13.4. The molecule has 0 saturated heterocycles. The van der Waals surface area contributed by atoms with Crippen LogP contribution in [0.15, 0.2) is 12.3 Å². The maximum Gasteiger partial charge on any atom is 0.166 e. The molecule has 1 unspecified atom stereocenters. The van der Waals surface area contributed by atoms with Crippen LogP contribution in [0.1, 0.15) is 18.9 Å².